The van der Waals surface area contributed by atoms with Gasteiger partial charge in [0, 0.05) is 18.0 Å². The van der Waals surface area contributed by atoms with Crippen molar-refractivity contribution in [2.24, 2.45) is 0 Å². The second kappa shape index (κ2) is 6.02. The molecule has 0 saturated carbocycles. The Balaban J connectivity index is 1.86. The topological polar surface area (TPSA) is 43.6 Å². The van der Waals surface area contributed by atoms with Crippen molar-refractivity contribution >= 4 is 11.6 Å². The minimum atomic E-state index is -0.255. The first-order chi connectivity index (χ1) is 10.7. The SMILES string of the molecule is CCOC(=O)C(C)c1ccc(-c2cn3ccccc3n2)cc1. The van der Waals surface area contributed by atoms with Crippen LogP contribution in [0.4, 0.5) is 0 Å². The number of ether oxygens (including phenoxy) is 1. The van der Waals surface area contributed by atoms with Gasteiger partial charge >= 0.3 is 5.97 Å². The van der Waals surface area contributed by atoms with Gasteiger partial charge in [-0.2, -0.15) is 0 Å². The van der Waals surface area contributed by atoms with Gasteiger partial charge in [-0.15, -0.1) is 0 Å². The van der Waals surface area contributed by atoms with Gasteiger partial charge in [0.2, 0.25) is 0 Å². The van der Waals surface area contributed by atoms with E-state index in [2.05, 4.69) is 4.98 Å². The summed E-state index contributed by atoms with van der Waals surface area (Å²) in [6.07, 6.45) is 3.97. The minimum Gasteiger partial charge on any atom is -0.466 e. The van der Waals surface area contributed by atoms with Gasteiger partial charge in [0.05, 0.1) is 18.2 Å². The van der Waals surface area contributed by atoms with E-state index in [1.165, 1.54) is 0 Å². The molecule has 3 aromatic rings. The first-order valence-corrected chi connectivity index (χ1v) is 7.39. The molecule has 1 aromatic carbocycles. The molecule has 112 valence electrons. The summed E-state index contributed by atoms with van der Waals surface area (Å²) in [5.41, 5.74) is 3.82. The fraction of sp³-hybridized carbons (Fsp3) is 0.222. The second-order valence-corrected chi connectivity index (χ2v) is 5.19. The smallest absolute Gasteiger partial charge is 0.313 e. The molecule has 1 unspecified atom stereocenters. The van der Waals surface area contributed by atoms with Gasteiger partial charge in [-0.1, -0.05) is 30.3 Å². The lowest BCUT2D eigenvalue weighted by Crippen LogP contribution is -2.12. The molecule has 0 amide bonds. The number of pyridine rings is 1. The van der Waals surface area contributed by atoms with Crippen LogP contribution < -0.4 is 0 Å². The summed E-state index contributed by atoms with van der Waals surface area (Å²) >= 11 is 0. The van der Waals surface area contributed by atoms with E-state index in [9.17, 15) is 4.79 Å². The molecule has 0 N–H and O–H groups in total. The van der Waals surface area contributed by atoms with Crippen molar-refractivity contribution in [2.75, 3.05) is 6.61 Å². The maximum atomic E-state index is 11.8. The van der Waals surface area contributed by atoms with Crippen molar-refractivity contribution < 1.29 is 9.53 Å². The quantitative estimate of drug-likeness (QED) is 0.690. The summed E-state index contributed by atoms with van der Waals surface area (Å²) in [5, 5.41) is 0. The number of imidazole rings is 1. The number of aromatic nitrogens is 2. The summed E-state index contributed by atoms with van der Waals surface area (Å²) in [6.45, 7) is 4.08. The molecule has 4 heteroatoms. The van der Waals surface area contributed by atoms with Crippen molar-refractivity contribution in [2.45, 2.75) is 19.8 Å². The monoisotopic (exact) mass is 294 g/mol. The number of hydrogen-bond acceptors (Lipinski definition) is 3. The second-order valence-electron chi connectivity index (χ2n) is 5.19. The van der Waals surface area contributed by atoms with E-state index in [1.807, 2.05) is 73.1 Å². The van der Waals surface area contributed by atoms with Crippen LogP contribution in [0.25, 0.3) is 16.9 Å². The van der Waals surface area contributed by atoms with E-state index < -0.39 is 0 Å². The van der Waals surface area contributed by atoms with Crippen LogP contribution >= 0.6 is 0 Å². The summed E-state index contributed by atoms with van der Waals surface area (Å²) < 4.78 is 7.05. The predicted molar refractivity (Wildman–Crippen MR) is 85.7 cm³/mol. The van der Waals surface area contributed by atoms with Crippen LogP contribution in [-0.2, 0) is 9.53 Å². The molecule has 0 saturated heterocycles. The zero-order valence-corrected chi connectivity index (χ0v) is 12.7. The van der Waals surface area contributed by atoms with Gasteiger partial charge in [-0.05, 0) is 31.5 Å². The molecular formula is C18H18N2O2. The summed E-state index contributed by atoms with van der Waals surface area (Å²) in [7, 11) is 0. The van der Waals surface area contributed by atoms with Crippen LogP contribution in [0.15, 0.2) is 54.9 Å². The van der Waals surface area contributed by atoms with E-state index in [0.29, 0.717) is 6.61 Å². The van der Waals surface area contributed by atoms with Crippen LogP contribution in [0.5, 0.6) is 0 Å². The molecule has 22 heavy (non-hydrogen) atoms. The third kappa shape index (κ3) is 2.72. The van der Waals surface area contributed by atoms with Gasteiger partial charge in [-0.3, -0.25) is 4.79 Å². The highest BCUT2D eigenvalue weighted by Gasteiger charge is 2.16. The van der Waals surface area contributed by atoms with Crippen LogP contribution in [0.3, 0.4) is 0 Å². The number of esters is 1. The predicted octanol–water partition coefficient (Wildman–Crippen LogP) is 3.67. The third-order valence-electron chi connectivity index (χ3n) is 3.71. The molecule has 0 radical (unpaired) electrons. The zero-order valence-electron chi connectivity index (χ0n) is 12.7. The van der Waals surface area contributed by atoms with E-state index in [4.69, 9.17) is 4.74 Å². The van der Waals surface area contributed by atoms with Crippen LogP contribution in [0, 0.1) is 0 Å². The highest BCUT2D eigenvalue weighted by Crippen LogP contribution is 2.23. The normalized spacial score (nSPS) is 12.3. The number of carbonyl (C=O) groups is 1. The third-order valence-corrected chi connectivity index (χ3v) is 3.71. The maximum absolute atomic E-state index is 11.8. The molecule has 0 spiro atoms. The van der Waals surface area contributed by atoms with E-state index in [1.54, 1.807) is 0 Å². The Hall–Kier alpha value is -2.62. The molecule has 0 fully saturated rings. The molecule has 0 aliphatic rings. The minimum absolute atomic E-state index is 0.192. The summed E-state index contributed by atoms with van der Waals surface area (Å²) in [6, 6.07) is 13.8. The van der Waals surface area contributed by atoms with Crippen molar-refractivity contribution in [3.05, 3.63) is 60.4 Å². The van der Waals surface area contributed by atoms with Crippen LogP contribution in [-0.4, -0.2) is 22.0 Å². The molecule has 2 heterocycles. The van der Waals surface area contributed by atoms with E-state index in [-0.39, 0.29) is 11.9 Å². The molecule has 0 bridgehead atoms. The molecule has 1 atom stereocenters. The Bertz CT molecular complexity index is 757. The van der Waals surface area contributed by atoms with Crippen molar-refractivity contribution in [1.29, 1.82) is 0 Å². The number of carbonyl (C=O) groups excluding carboxylic acids is 1. The highest BCUT2D eigenvalue weighted by atomic mass is 16.5. The average molecular weight is 294 g/mol. The standard InChI is InChI=1S/C18H18N2O2/c1-3-22-18(21)13(2)14-7-9-15(10-8-14)16-12-20-11-5-4-6-17(20)19-16/h4-13H,3H2,1-2H3. The van der Waals surface area contributed by atoms with Crippen LogP contribution in [0.2, 0.25) is 0 Å². The lowest BCUT2D eigenvalue weighted by Gasteiger charge is -2.11. The fourth-order valence-corrected chi connectivity index (χ4v) is 2.42. The molecule has 3 rings (SSSR count). The average Bonchev–Trinajstić information content (AvgIpc) is 2.98. The first-order valence-electron chi connectivity index (χ1n) is 7.39. The Morgan fingerprint density at radius 3 is 2.68 bits per heavy atom. The lowest BCUT2D eigenvalue weighted by molar-refractivity contribution is -0.144. The number of hydrogen-bond donors (Lipinski definition) is 0. The molecule has 2 aromatic heterocycles. The van der Waals surface area contributed by atoms with Gasteiger partial charge in [0.25, 0.3) is 0 Å². The van der Waals surface area contributed by atoms with Gasteiger partial charge < -0.3 is 9.14 Å². The van der Waals surface area contributed by atoms with Crippen molar-refractivity contribution in [1.82, 2.24) is 9.38 Å². The molecule has 0 aliphatic carbocycles. The molecule has 4 nitrogen and oxygen atoms in total. The number of nitrogens with zero attached hydrogens (tertiary/aromatic N) is 2. The summed E-state index contributed by atoms with van der Waals surface area (Å²) in [4.78, 5) is 16.4. The Morgan fingerprint density at radius 1 is 1.23 bits per heavy atom. The highest BCUT2D eigenvalue weighted by molar-refractivity contribution is 5.78. The molecule has 0 aliphatic heterocycles. The Labute approximate surface area is 129 Å². The maximum Gasteiger partial charge on any atom is 0.313 e. The zero-order chi connectivity index (χ0) is 15.5. The summed E-state index contributed by atoms with van der Waals surface area (Å²) in [5.74, 6) is -0.446. The lowest BCUT2D eigenvalue weighted by atomic mass is 9.99. The largest absolute Gasteiger partial charge is 0.466 e. The van der Waals surface area contributed by atoms with Crippen molar-refractivity contribution in [3.63, 3.8) is 0 Å². The van der Waals surface area contributed by atoms with Crippen molar-refractivity contribution in [3.8, 4) is 11.3 Å². The van der Waals surface area contributed by atoms with Gasteiger partial charge in [-0.25, -0.2) is 4.98 Å². The molecular weight excluding hydrogens is 276 g/mol. The number of fused-ring (bicyclic) bond motifs is 1. The Kier molecular flexibility index (Phi) is 3.92. The van der Waals surface area contributed by atoms with E-state index in [0.717, 1.165) is 22.5 Å². The fourth-order valence-electron chi connectivity index (χ4n) is 2.42. The van der Waals surface area contributed by atoms with E-state index >= 15 is 0 Å². The number of rotatable bonds is 4. The Morgan fingerprint density at radius 2 is 2.00 bits per heavy atom. The van der Waals surface area contributed by atoms with Gasteiger partial charge in [0.1, 0.15) is 5.65 Å². The first kappa shape index (κ1) is 14.3. The van der Waals surface area contributed by atoms with Crippen LogP contribution in [0.1, 0.15) is 25.3 Å². The number of benzene rings is 1. The van der Waals surface area contributed by atoms with Gasteiger partial charge in [0.15, 0.2) is 0 Å².